The Labute approximate surface area is 195 Å². The molecule has 6 nitrogen and oxygen atoms in total. The summed E-state index contributed by atoms with van der Waals surface area (Å²) in [6.45, 7) is 4.74. The number of carbonyl (C=O) groups excluding carboxylic acids is 3. The van der Waals surface area contributed by atoms with E-state index in [-0.39, 0.29) is 29.4 Å². The van der Waals surface area contributed by atoms with E-state index in [1.807, 2.05) is 6.92 Å². The predicted molar refractivity (Wildman–Crippen MR) is 122 cm³/mol. The molecule has 33 heavy (non-hydrogen) atoms. The van der Waals surface area contributed by atoms with Crippen molar-refractivity contribution in [1.29, 1.82) is 0 Å². The second kappa shape index (κ2) is 9.92. The lowest BCUT2D eigenvalue weighted by Gasteiger charge is -2.38. The summed E-state index contributed by atoms with van der Waals surface area (Å²) >= 11 is 0. The largest absolute Gasteiger partial charge is 0.449 e. The third kappa shape index (κ3) is 5.62. The van der Waals surface area contributed by atoms with E-state index in [9.17, 15) is 18.8 Å². The summed E-state index contributed by atoms with van der Waals surface area (Å²) in [7, 11) is 0. The first-order valence-electron chi connectivity index (χ1n) is 12.3. The molecule has 1 saturated heterocycles. The van der Waals surface area contributed by atoms with Gasteiger partial charge in [-0.3, -0.25) is 14.4 Å². The first-order valence-corrected chi connectivity index (χ1v) is 12.3. The van der Waals surface area contributed by atoms with Crippen LogP contribution in [-0.4, -0.2) is 47.8 Å². The van der Waals surface area contributed by atoms with Gasteiger partial charge in [0, 0.05) is 11.5 Å². The van der Waals surface area contributed by atoms with Gasteiger partial charge in [-0.1, -0.05) is 6.92 Å². The van der Waals surface area contributed by atoms with E-state index in [0.717, 1.165) is 58.2 Å². The molecule has 0 radical (unpaired) electrons. The molecule has 2 aliphatic carbocycles. The Morgan fingerprint density at radius 3 is 2.24 bits per heavy atom. The molecule has 2 saturated carbocycles. The maximum Gasteiger partial charge on any atom is 0.310 e. The van der Waals surface area contributed by atoms with Crippen molar-refractivity contribution >= 4 is 17.7 Å². The lowest BCUT2D eigenvalue weighted by molar-refractivity contribution is -0.173. The molecule has 2 unspecified atom stereocenters. The van der Waals surface area contributed by atoms with Crippen LogP contribution in [0.1, 0.15) is 68.6 Å². The fourth-order valence-electron chi connectivity index (χ4n) is 5.38. The molecule has 1 heterocycles. The van der Waals surface area contributed by atoms with E-state index >= 15 is 0 Å². The number of rotatable bonds is 8. The maximum atomic E-state index is 13.1. The van der Waals surface area contributed by atoms with Crippen LogP contribution >= 0.6 is 0 Å². The lowest BCUT2D eigenvalue weighted by Crippen LogP contribution is -2.50. The number of halogens is 1. The molecule has 1 aromatic rings. The number of nitrogens with zero attached hydrogens (tertiary/aromatic N) is 1. The molecule has 0 aromatic heterocycles. The molecule has 2 atom stereocenters. The highest BCUT2D eigenvalue weighted by atomic mass is 19.1. The van der Waals surface area contributed by atoms with Gasteiger partial charge in [0.25, 0.3) is 5.91 Å². The van der Waals surface area contributed by atoms with Gasteiger partial charge in [-0.2, -0.15) is 0 Å². The normalized spacial score (nSPS) is 30.5. The zero-order chi connectivity index (χ0) is 23.6. The van der Waals surface area contributed by atoms with Crippen molar-refractivity contribution in [1.82, 2.24) is 4.90 Å². The number of hydrogen-bond donors (Lipinski definition) is 1. The number of ketones is 1. The third-order valence-corrected chi connectivity index (χ3v) is 8.01. The fourth-order valence-corrected chi connectivity index (χ4v) is 5.38. The van der Waals surface area contributed by atoms with Crippen LogP contribution in [0, 0.1) is 29.5 Å². The SMILES string of the molecule is CC1CC1C(=O)OC1(C(N)=O)CCC(CCN2CCC(C(=O)c3ccc(F)cc3)CC2)CC1. The molecule has 7 heteroatoms. The highest BCUT2D eigenvalue weighted by Gasteiger charge is 2.48. The minimum absolute atomic E-state index is 0.00134. The van der Waals surface area contributed by atoms with Crippen molar-refractivity contribution in [2.24, 2.45) is 29.4 Å². The first kappa shape index (κ1) is 23.9. The summed E-state index contributed by atoms with van der Waals surface area (Å²) in [4.78, 5) is 39.5. The van der Waals surface area contributed by atoms with Gasteiger partial charge in [-0.25, -0.2) is 4.39 Å². The molecule has 3 aliphatic rings. The zero-order valence-corrected chi connectivity index (χ0v) is 19.4. The summed E-state index contributed by atoms with van der Waals surface area (Å²) in [5.74, 6) is -0.247. The quantitative estimate of drug-likeness (QED) is 0.474. The van der Waals surface area contributed by atoms with Gasteiger partial charge in [0.15, 0.2) is 11.4 Å². The number of ether oxygens (including phenoxy) is 1. The van der Waals surface area contributed by atoms with Crippen molar-refractivity contribution in [3.05, 3.63) is 35.6 Å². The van der Waals surface area contributed by atoms with E-state index in [0.29, 0.717) is 30.2 Å². The molecule has 3 fully saturated rings. The van der Waals surface area contributed by atoms with Gasteiger partial charge < -0.3 is 15.4 Å². The van der Waals surface area contributed by atoms with Gasteiger partial charge in [-0.15, -0.1) is 0 Å². The van der Waals surface area contributed by atoms with E-state index in [2.05, 4.69) is 4.90 Å². The van der Waals surface area contributed by atoms with Crippen LogP contribution in [0.15, 0.2) is 24.3 Å². The van der Waals surface area contributed by atoms with Crippen molar-refractivity contribution in [3.63, 3.8) is 0 Å². The summed E-state index contributed by atoms with van der Waals surface area (Å²) in [5.41, 5.74) is 5.12. The van der Waals surface area contributed by atoms with Gasteiger partial charge in [0.2, 0.25) is 0 Å². The zero-order valence-electron chi connectivity index (χ0n) is 19.4. The number of carbonyl (C=O) groups is 3. The van der Waals surface area contributed by atoms with E-state index in [4.69, 9.17) is 10.5 Å². The van der Waals surface area contributed by atoms with Crippen molar-refractivity contribution in [3.8, 4) is 0 Å². The van der Waals surface area contributed by atoms with Gasteiger partial charge in [0.1, 0.15) is 5.82 Å². The number of primary amides is 1. The third-order valence-electron chi connectivity index (χ3n) is 8.01. The highest BCUT2D eigenvalue weighted by Crippen LogP contribution is 2.42. The van der Waals surface area contributed by atoms with E-state index < -0.39 is 11.5 Å². The molecule has 2 N–H and O–H groups in total. The van der Waals surface area contributed by atoms with Crippen molar-refractivity contribution < 1.29 is 23.5 Å². The van der Waals surface area contributed by atoms with Gasteiger partial charge >= 0.3 is 5.97 Å². The second-order valence-corrected chi connectivity index (χ2v) is 10.3. The molecular weight excluding hydrogens is 423 g/mol. The van der Waals surface area contributed by atoms with E-state index in [1.54, 1.807) is 12.1 Å². The van der Waals surface area contributed by atoms with Crippen LogP contribution in [0.3, 0.4) is 0 Å². The van der Waals surface area contributed by atoms with Crippen molar-refractivity contribution in [2.75, 3.05) is 19.6 Å². The Morgan fingerprint density at radius 1 is 1.09 bits per heavy atom. The number of piperidine rings is 1. The second-order valence-electron chi connectivity index (χ2n) is 10.3. The predicted octanol–water partition coefficient (Wildman–Crippen LogP) is 3.72. The Bertz CT molecular complexity index is 871. The highest BCUT2D eigenvalue weighted by molar-refractivity contribution is 5.97. The minimum Gasteiger partial charge on any atom is -0.449 e. The van der Waals surface area contributed by atoms with Gasteiger partial charge in [0.05, 0.1) is 5.92 Å². The topological polar surface area (TPSA) is 89.7 Å². The Morgan fingerprint density at radius 2 is 1.70 bits per heavy atom. The Kier molecular flexibility index (Phi) is 7.17. The van der Waals surface area contributed by atoms with Crippen LogP contribution < -0.4 is 5.73 Å². The van der Waals surface area contributed by atoms with E-state index in [1.165, 1.54) is 12.1 Å². The fraction of sp³-hybridized carbons (Fsp3) is 0.654. The number of likely N-dealkylation sites (tertiary alicyclic amines) is 1. The van der Waals surface area contributed by atoms with Crippen LogP contribution in [-0.2, 0) is 14.3 Å². The molecular formula is C26H35FN2O4. The Hall–Kier alpha value is -2.28. The average Bonchev–Trinajstić information content (AvgIpc) is 3.55. The van der Waals surface area contributed by atoms with Gasteiger partial charge in [-0.05, 0) is 107 Å². The monoisotopic (exact) mass is 458 g/mol. The molecule has 1 amide bonds. The number of hydrogen-bond acceptors (Lipinski definition) is 5. The molecule has 4 rings (SSSR count). The maximum absolute atomic E-state index is 13.1. The molecule has 0 bridgehead atoms. The minimum atomic E-state index is -1.13. The molecule has 1 aromatic carbocycles. The summed E-state index contributed by atoms with van der Waals surface area (Å²) in [6, 6.07) is 5.82. The summed E-state index contributed by atoms with van der Waals surface area (Å²) in [5, 5.41) is 0. The number of amides is 1. The number of nitrogens with two attached hydrogens (primary N) is 1. The standard InChI is InChI=1S/C26H35FN2O4/c1-17-16-22(17)24(31)33-26(25(28)32)11-6-18(7-12-26)8-13-29-14-9-20(10-15-29)23(30)19-2-4-21(27)5-3-19/h2-5,17-18,20,22H,6-16H2,1H3,(H2,28,32). The number of benzene rings is 1. The summed E-state index contributed by atoms with van der Waals surface area (Å²) < 4.78 is 18.8. The number of Topliss-reactive ketones (excluding diaryl/α,β-unsaturated/α-hetero) is 1. The molecule has 1 aliphatic heterocycles. The van der Waals surface area contributed by atoms with Crippen LogP contribution in [0.4, 0.5) is 4.39 Å². The lowest BCUT2D eigenvalue weighted by atomic mass is 9.77. The number of esters is 1. The summed E-state index contributed by atoms with van der Waals surface area (Å²) in [6.07, 6.45) is 6.18. The molecule has 180 valence electrons. The Balaban J connectivity index is 1.19. The smallest absolute Gasteiger partial charge is 0.310 e. The molecule has 0 spiro atoms. The van der Waals surface area contributed by atoms with Crippen LogP contribution in [0.5, 0.6) is 0 Å². The van der Waals surface area contributed by atoms with Crippen LogP contribution in [0.25, 0.3) is 0 Å². The first-order chi connectivity index (χ1) is 15.8. The average molecular weight is 459 g/mol. The van der Waals surface area contributed by atoms with Crippen molar-refractivity contribution in [2.45, 2.75) is 63.9 Å². The van der Waals surface area contributed by atoms with Crippen LogP contribution in [0.2, 0.25) is 0 Å².